The van der Waals surface area contributed by atoms with Crippen molar-refractivity contribution in [3.8, 4) is 0 Å². The average Bonchev–Trinajstić information content (AvgIpc) is 2.08. The normalized spacial score (nSPS) is 9.92. The molecule has 0 saturated heterocycles. The first-order chi connectivity index (χ1) is 6.20. The number of carbonyl (C=O) groups excluding carboxylic acids is 1. The minimum atomic E-state index is -1.02. The van der Waals surface area contributed by atoms with Crippen LogP contribution >= 0.6 is 27.7 Å². The molecule has 0 N–H and O–H groups in total. The molecule has 0 fully saturated rings. The molecule has 0 unspecified atom stereocenters. The molecule has 0 heterocycles. The summed E-state index contributed by atoms with van der Waals surface area (Å²) in [6.45, 7) is 0. The second kappa shape index (κ2) is 5.29. The lowest BCUT2D eigenvalue weighted by molar-refractivity contribution is -0.301. The van der Waals surface area contributed by atoms with Gasteiger partial charge in [-0.05, 0) is 11.6 Å². The Morgan fingerprint density at radius 1 is 1.46 bits per heavy atom. The van der Waals surface area contributed by atoms with Crippen LogP contribution in [0.5, 0.6) is 0 Å². The van der Waals surface area contributed by atoms with E-state index in [4.69, 9.17) is 0 Å². The predicted molar refractivity (Wildman–Crippen MR) is 55.3 cm³/mol. The molecule has 2 nitrogen and oxygen atoms in total. The molecule has 0 saturated carbocycles. The van der Waals surface area contributed by atoms with Gasteiger partial charge < -0.3 is 9.90 Å². The highest BCUT2D eigenvalue weighted by Gasteiger charge is 1.97. The van der Waals surface area contributed by atoms with Crippen molar-refractivity contribution in [1.82, 2.24) is 0 Å². The molecule has 1 rings (SSSR count). The van der Waals surface area contributed by atoms with E-state index in [0.717, 1.165) is 10.0 Å². The van der Waals surface area contributed by atoms with Gasteiger partial charge in [-0.2, -0.15) is 11.8 Å². The van der Waals surface area contributed by atoms with Crippen LogP contribution < -0.4 is 5.11 Å². The molecule has 1 aromatic carbocycles. The molecule has 0 radical (unpaired) electrons. The summed E-state index contributed by atoms with van der Waals surface area (Å²) in [5, 5.41) is 10.1. The lowest BCUT2D eigenvalue weighted by atomic mass is 10.2. The van der Waals surface area contributed by atoms with Gasteiger partial charge in [0.25, 0.3) is 0 Å². The lowest BCUT2D eigenvalue weighted by Gasteiger charge is -2.04. The van der Waals surface area contributed by atoms with Crippen LogP contribution in [-0.2, 0) is 10.5 Å². The van der Waals surface area contributed by atoms with Crippen molar-refractivity contribution in [3.63, 3.8) is 0 Å². The topological polar surface area (TPSA) is 40.1 Å². The molecule has 0 bridgehead atoms. The molecule has 0 atom stereocenters. The molecular formula is C9H8BrO2S-. The average molecular weight is 260 g/mol. The number of benzene rings is 1. The fourth-order valence-electron chi connectivity index (χ4n) is 0.860. The number of rotatable bonds is 4. The van der Waals surface area contributed by atoms with E-state index in [9.17, 15) is 9.90 Å². The summed E-state index contributed by atoms with van der Waals surface area (Å²) in [6, 6.07) is 7.76. The number of hydrogen-bond acceptors (Lipinski definition) is 3. The number of carbonyl (C=O) groups is 1. The van der Waals surface area contributed by atoms with Crippen LogP contribution in [-0.4, -0.2) is 11.7 Å². The Labute approximate surface area is 89.5 Å². The summed E-state index contributed by atoms with van der Waals surface area (Å²) < 4.78 is 1.01. The smallest absolute Gasteiger partial charge is 0.0513 e. The molecule has 70 valence electrons. The highest BCUT2D eigenvalue weighted by molar-refractivity contribution is 9.10. The zero-order chi connectivity index (χ0) is 9.68. The fourth-order valence-corrected chi connectivity index (χ4v) is 2.21. The van der Waals surface area contributed by atoms with E-state index in [2.05, 4.69) is 15.9 Å². The van der Waals surface area contributed by atoms with Gasteiger partial charge in [0.2, 0.25) is 0 Å². The molecule has 0 aromatic heterocycles. The van der Waals surface area contributed by atoms with E-state index >= 15 is 0 Å². The molecule has 13 heavy (non-hydrogen) atoms. The number of hydrogen-bond donors (Lipinski definition) is 0. The Hall–Kier alpha value is -0.480. The molecule has 0 aliphatic carbocycles. The van der Waals surface area contributed by atoms with Gasteiger partial charge in [0.15, 0.2) is 0 Å². The summed E-state index contributed by atoms with van der Waals surface area (Å²) in [5.41, 5.74) is 1.11. The number of thioether (sulfide) groups is 1. The van der Waals surface area contributed by atoms with Gasteiger partial charge >= 0.3 is 0 Å². The first kappa shape index (κ1) is 10.6. The standard InChI is InChI=1S/C9H9BrO2S/c10-8-4-2-1-3-7(8)5-13-6-9(11)12/h1-4H,5-6H2,(H,11,12)/p-1. The van der Waals surface area contributed by atoms with E-state index < -0.39 is 5.97 Å². The maximum Gasteiger partial charge on any atom is 0.0513 e. The van der Waals surface area contributed by atoms with Crippen LogP contribution in [0.1, 0.15) is 5.56 Å². The summed E-state index contributed by atoms with van der Waals surface area (Å²) in [6.07, 6.45) is 0. The van der Waals surface area contributed by atoms with E-state index in [1.54, 1.807) is 0 Å². The third-order valence-corrected chi connectivity index (χ3v) is 3.16. The molecule has 0 spiro atoms. The van der Waals surface area contributed by atoms with Crippen molar-refractivity contribution in [1.29, 1.82) is 0 Å². The summed E-state index contributed by atoms with van der Waals surface area (Å²) >= 11 is 4.72. The molecule has 1 aromatic rings. The Bertz CT molecular complexity index is 301. The van der Waals surface area contributed by atoms with Gasteiger partial charge in [-0.1, -0.05) is 34.1 Å². The quantitative estimate of drug-likeness (QED) is 0.822. The largest absolute Gasteiger partial charge is 0.549 e. The zero-order valence-corrected chi connectivity index (χ0v) is 9.23. The first-order valence-electron chi connectivity index (χ1n) is 3.71. The fraction of sp³-hybridized carbons (Fsp3) is 0.222. The van der Waals surface area contributed by atoms with Crippen molar-refractivity contribution in [3.05, 3.63) is 34.3 Å². The van der Waals surface area contributed by atoms with E-state index in [1.807, 2.05) is 24.3 Å². The zero-order valence-electron chi connectivity index (χ0n) is 6.83. The van der Waals surface area contributed by atoms with E-state index in [0.29, 0.717) is 5.75 Å². The minimum Gasteiger partial charge on any atom is -0.549 e. The van der Waals surface area contributed by atoms with Gasteiger partial charge in [0.05, 0.1) is 5.97 Å². The van der Waals surface area contributed by atoms with Crippen molar-refractivity contribution >= 4 is 33.7 Å². The maximum atomic E-state index is 10.1. The molecular weight excluding hydrogens is 252 g/mol. The number of aliphatic carboxylic acids is 1. The minimum absolute atomic E-state index is 0.0430. The van der Waals surface area contributed by atoms with Gasteiger partial charge in [-0.3, -0.25) is 0 Å². The third kappa shape index (κ3) is 3.83. The van der Waals surface area contributed by atoms with Crippen LogP contribution in [0.15, 0.2) is 28.7 Å². The summed E-state index contributed by atoms with van der Waals surface area (Å²) in [5.74, 6) is -0.284. The van der Waals surface area contributed by atoms with Crippen LogP contribution in [0.2, 0.25) is 0 Å². The van der Waals surface area contributed by atoms with Gasteiger partial charge in [0, 0.05) is 16.0 Å². The van der Waals surface area contributed by atoms with E-state index in [-0.39, 0.29) is 5.75 Å². The van der Waals surface area contributed by atoms with Crippen LogP contribution in [0.25, 0.3) is 0 Å². The van der Waals surface area contributed by atoms with Crippen LogP contribution in [0, 0.1) is 0 Å². The van der Waals surface area contributed by atoms with Gasteiger partial charge in [-0.15, -0.1) is 0 Å². The van der Waals surface area contributed by atoms with Gasteiger partial charge in [0.1, 0.15) is 0 Å². The molecule has 0 amide bonds. The number of halogens is 1. The highest BCUT2D eigenvalue weighted by atomic mass is 79.9. The first-order valence-corrected chi connectivity index (χ1v) is 5.66. The second-order valence-corrected chi connectivity index (χ2v) is 4.30. The van der Waals surface area contributed by atoms with Gasteiger partial charge in [-0.25, -0.2) is 0 Å². The SMILES string of the molecule is O=C([O-])CSCc1ccccc1Br. The van der Waals surface area contributed by atoms with Crippen LogP contribution in [0.3, 0.4) is 0 Å². The Morgan fingerprint density at radius 2 is 2.15 bits per heavy atom. The van der Waals surface area contributed by atoms with Crippen molar-refractivity contribution in [2.45, 2.75) is 5.75 Å². The third-order valence-electron chi connectivity index (χ3n) is 1.44. The van der Waals surface area contributed by atoms with Crippen molar-refractivity contribution in [2.24, 2.45) is 0 Å². The van der Waals surface area contributed by atoms with E-state index in [1.165, 1.54) is 11.8 Å². The summed E-state index contributed by atoms with van der Waals surface area (Å²) in [4.78, 5) is 10.1. The second-order valence-electron chi connectivity index (χ2n) is 2.46. The van der Waals surface area contributed by atoms with Crippen molar-refractivity contribution < 1.29 is 9.90 Å². The molecule has 0 aliphatic rings. The van der Waals surface area contributed by atoms with Crippen LogP contribution in [0.4, 0.5) is 0 Å². The Kier molecular flexibility index (Phi) is 4.32. The lowest BCUT2D eigenvalue weighted by Crippen LogP contribution is -2.24. The predicted octanol–water partition coefficient (Wildman–Crippen LogP) is 1.43. The number of carboxylic acids is 1. The Balaban J connectivity index is 2.45. The Morgan fingerprint density at radius 3 is 2.77 bits per heavy atom. The molecule has 4 heteroatoms. The highest BCUT2D eigenvalue weighted by Crippen LogP contribution is 2.20. The van der Waals surface area contributed by atoms with Crippen molar-refractivity contribution in [2.75, 3.05) is 5.75 Å². The molecule has 0 aliphatic heterocycles. The maximum absolute atomic E-state index is 10.1. The number of carboxylic acid groups (broad SMARTS) is 1. The monoisotopic (exact) mass is 259 g/mol. The summed E-state index contributed by atoms with van der Waals surface area (Å²) in [7, 11) is 0.